The van der Waals surface area contributed by atoms with Crippen molar-refractivity contribution in [1.82, 2.24) is 9.71 Å². The first kappa shape index (κ1) is 15.8. The Morgan fingerprint density at radius 1 is 1.19 bits per heavy atom. The van der Waals surface area contributed by atoms with Gasteiger partial charge in [-0.15, -0.1) is 0 Å². The summed E-state index contributed by atoms with van der Waals surface area (Å²) in [7, 11) is -3.81. The van der Waals surface area contributed by atoms with Gasteiger partial charge in [-0.25, -0.2) is 26.9 Å². The van der Waals surface area contributed by atoms with E-state index in [1.165, 1.54) is 18.3 Å². The number of halogens is 3. The van der Waals surface area contributed by atoms with E-state index in [1.807, 2.05) is 0 Å². The van der Waals surface area contributed by atoms with E-state index >= 15 is 0 Å². The third kappa shape index (κ3) is 4.20. The molecule has 1 N–H and O–H groups in total. The van der Waals surface area contributed by atoms with Crippen LogP contribution in [-0.2, 0) is 16.4 Å². The third-order valence-corrected chi connectivity index (χ3v) is 4.55. The van der Waals surface area contributed by atoms with Crippen LogP contribution < -0.4 is 4.72 Å². The minimum Gasteiger partial charge on any atom is -0.243 e. The number of nitrogens with zero attached hydrogens (tertiary/aromatic N) is 1. The Morgan fingerprint density at radius 2 is 1.86 bits per heavy atom. The predicted molar refractivity (Wildman–Crippen MR) is 74.5 cm³/mol. The van der Waals surface area contributed by atoms with E-state index in [4.69, 9.17) is 11.6 Å². The molecule has 0 bridgehead atoms. The number of hydrogen-bond donors (Lipinski definition) is 1. The minimum atomic E-state index is -3.81. The van der Waals surface area contributed by atoms with Crippen molar-refractivity contribution in [3.8, 4) is 0 Å². The second-order valence-electron chi connectivity index (χ2n) is 4.22. The van der Waals surface area contributed by atoms with Gasteiger partial charge in [0.25, 0.3) is 0 Å². The van der Waals surface area contributed by atoms with E-state index in [0.29, 0.717) is 5.56 Å². The molecule has 1 aromatic heterocycles. The summed E-state index contributed by atoms with van der Waals surface area (Å²) < 4.78 is 52.3. The number of aromatic nitrogens is 1. The third-order valence-electron chi connectivity index (χ3n) is 2.64. The average Bonchev–Trinajstić information content (AvgIpc) is 2.37. The lowest BCUT2D eigenvalue weighted by atomic mass is 10.1. The van der Waals surface area contributed by atoms with Crippen LogP contribution in [0.1, 0.15) is 5.56 Å². The van der Waals surface area contributed by atoms with Crippen LogP contribution in [0.3, 0.4) is 0 Å². The SMILES string of the molecule is O=S(=O)(NCCc1cc(F)cc(F)c1)c1cccnc1Cl. The summed E-state index contributed by atoms with van der Waals surface area (Å²) in [5.41, 5.74) is 0.354. The van der Waals surface area contributed by atoms with Crippen LogP contribution in [0.15, 0.2) is 41.4 Å². The van der Waals surface area contributed by atoms with Gasteiger partial charge < -0.3 is 0 Å². The maximum atomic E-state index is 13.0. The number of sulfonamides is 1. The number of hydrogen-bond acceptors (Lipinski definition) is 3. The molecule has 0 saturated carbocycles. The zero-order chi connectivity index (χ0) is 15.5. The first-order valence-corrected chi connectivity index (χ1v) is 7.80. The summed E-state index contributed by atoms with van der Waals surface area (Å²) in [5.74, 6) is -1.41. The fraction of sp³-hybridized carbons (Fsp3) is 0.154. The molecule has 21 heavy (non-hydrogen) atoms. The van der Waals surface area contributed by atoms with Crippen molar-refractivity contribution in [2.45, 2.75) is 11.3 Å². The number of rotatable bonds is 5. The highest BCUT2D eigenvalue weighted by molar-refractivity contribution is 7.89. The van der Waals surface area contributed by atoms with Crippen LogP contribution in [0.5, 0.6) is 0 Å². The summed E-state index contributed by atoms with van der Waals surface area (Å²) in [6, 6.07) is 5.81. The summed E-state index contributed by atoms with van der Waals surface area (Å²) >= 11 is 5.72. The molecular formula is C13H11ClF2N2O2S. The molecule has 1 aromatic carbocycles. The maximum absolute atomic E-state index is 13.0. The zero-order valence-corrected chi connectivity index (χ0v) is 12.3. The van der Waals surface area contributed by atoms with Crippen molar-refractivity contribution >= 4 is 21.6 Å². The minimum absolute atomic E-state index is 0.0174. The van der Waals surface area contributed by atoms with Crippen LogP contribution in [0.2, 0.25) is 5.15 Å². The summed E-state index contributed by atoms with van der Waals surface area (Å²) in [4.78, 5) is 3.54. The molecular weight excluding hydrogens is 322 g/mol. The van der Waals surface area contributed by atoms with E-state index < -0.39 is 21.7 Å². The smallest absolute Gasteiger partial charge is 0.243 e. The zero-order valence-electron chi connectivity index (χ0n) is 10.7. The first-order chi connectivity index (χ1) is 9.88. The first-order valence-electron chi connectivity index (χ1n) is 5.93. The van der Waals surface area contributed by atoms with E-state index in [-0.39, 0.29) is 23.0 Å². The Kier molecular flexibility index (Phi) is 4.87. The number of nitrogens with one attached hydrogen (secondary N) is 1. The van der Waals surface area contributed by atoms with Gasteiger partial charge in [0.2, 0.25) is 10.0 Å². The maximum Gasteiger partial charge on any atom is 0.243 e. The van der Waals surface area contributed by atoms with Crippen molar-refractivity contribution in [3.05, 3.63) is 58.9 Å². The normalized spacial score (nSPS) is 11.6. The van der Waals surface area contributed by atoms with Gasteiger partial charge >= 0.3 is 0 Å². The number of benzene rings is 1. The molecule has 0 radical (unpaired) electrons. The predicted octanol–water partition coefficient (Wildman–Crippen LogP) is 2.53. The van der Waals surface area contributed by atoms with Crippen molar-refractivity contribution < 1.29 is 17.2 Å². The van der Waals surface area contributed by atoms with E-state index in [2.05, 4.69) is 9.71 Å². The number of pyridine rings is 1. The topological polar surface area (TPSA) is 59.1 Å². The molecule has 0 spiro atoms. The molecule has 0 aliphatic heterocycles. The molecule has 0 fully saturated rings. The fourth-order valence-corrected chi connectivity index (χ4v) is 3.22. The highest BCUT2D eigenvalue weighted by atomic mass is 35.5. The molecule has 0 aliphatic carbocycles. The van der Waals surface area contributed by atoms with Gasteiger partial charge in [-0.2, -0.15) is 0 Å². The van der Waals surface area contributed by atoms with E-state index in [0.717, 1.165) is 18.2 Å². The van der Waals surface area contributed by atoms with Crippen LogP contribution >= 0.6 is 11.6 Å². The highest BCUT2D eigenvalue weighted by Gasteiger charge is 2.17. The van der Waals surface area contributed by atoms with Crippen LogP contribution in [0, 0.1) is 11.6 Å². The van der Waals surface area contributed by atoms with E-state index in [1.54, 1.807) is 0 Å². The largest absolute Gasteiger partial charge is 0.243 e. The Morgan fingerprint density at radius 3 is 2.48 bits per heavy atom. The monoisotopic (exact) mass is 332 g/mol. The molecule has 0 amide bonds. The Hall–Kier alpha value is -1.57. The molecule has 0 saturated heterocycles. The van der Waals surface area contributed by atoms with Crippen molar-refractivity contribution in [3.63, 3.8) is 0 Å². The lowest BCUT2D eigenvalue weighted by Crippen LogP contribution is -2.26. The summed E-state index contributed by atoms with van der Waals surface area (Å²) in [6.45, 7) is -0.0174. The molecule has 0 atom stereocenters. The fourth-order valence-electron chi connectivity index (χ4n) is 1.73. The van der Waals surface area contributed by atoms with E-state index in [9.17, 15) is 17.2 Å². The molecule has 112 valence electrons. The average molecular weight is 333 g/mol. The van der Waals surface area contributed by atoms with Gasteiger partial charge in [0.15, 0.2) is 0 Å². The van der Waals surface area contributed by atoms with Crippen LogP contribution in [-0.4, -0.2) is 19.9 Å². The van der Waals surface area contributed by atoms with Crippen LogP contribution in [0.4, 0.5) is 8.78 Å². The van der Waals surface area contributed by atoms with Crippen molar-refractivity contribution in [2.75, 3.05) is 6.54 Å². The van der Waals surface area contributed by atoms with Gasteiger partial charge in [-0.3, -0.25) is 0 Å². The second kappa shape index (κ2) is 6.46. The lowest BCUT2D eigenvalue weighted by Gasteiger charge is -2.08. The lowest BCUT2D eigenvalue weighted by molar-refractivity contribution is 0.576. The molecule has 1 heterocycles. The molecule has 0 aliphatic rings. The van der Waals surface area contributed by atoms with Crippen molar-refractivity contribution in [2.24, 2.45) is 0 Å². The molecule has 4 nitrogen and oxygen atoms in total. The van der Waals surface area contributed by atoms with Gasteiger partial charge in [0, 0.05) is 18.8 Å². The van der Waals surface area contributed by atoms with Gasteiger partial charge in [-0.1, -0.05) is 11.6 Å². The molecule has 2 aromatic rings. The highest BCUT2D eigenvalue weighted by Crippen LogP contribution is 2.17. The summed E-state index contributed by atoms with van der Waals surface area (Å²) in [5, 5.41) is -0.137. The van der Waals surface area contributed by atoms with Crippen molar-refractivity contribution in [1.29, 1.82) is 0 Å². The second-order valence-corrected chi connectivity index (χ2v) is 6.31. The quantitative estimate of drug-likeness (QED) is 0.856. The van der Waals surface area contributed by atoms with Gasteiger partial charge in [0.1, 0.15) is 21.7 Å². The Bertz CT molecular complexity index is 733. The molecule has 0 unspecified atom stereocenters. The summed E-state index contributed by atoms with van der Waals surface area (Å²) in [6.07, 6.45) is 1.52. The molecule has 8 heteroatoms. The van der Waals surface area contributed by atoms with Gasteiger partial charge in [0.05, 0.1) is 0 Å². The van der Waals surface area contributed by atoms with Crippen LogP contribution in [0.25, 0.3) is 0 Å². The van der Waals surface area contributed by atoms with Gasteiger partial charge in [-0.05, 0) is 36.2 Å². The standard InChI is InChI=1S/C13H11ClF2N2O2S/c14-13-12(2-1-4-17-13)21(19,20)18-5-3-9-6-10(15)8-11(16)7-9/h1-2,4,6-8,18H,3,5H2. The Labute approximate surface area is 125 Å². The Balaban J connectivity index is 2.04. The molecule has 2 rings (SSSR count).